The van der Waals surface area contributed by atoms with Gasteiger partial charge in [0.2, 0.25) is 5.82 Å². The van der Waals surface area contributed by atoms with Crippen LogP contribution in [0.2, 0.25) is 0 Å². The Morgan fingerprint density at radius 3 is 2.24 bits per heavy atom. The van der Waals surface area contributed by atoms with Crippen LogP contribution in [0, 0.1) is 23.6 Å². The first-order chi connectivity index (χ1) is 14.1. The van der Waals surface area contributed by atoms with Crippen LogP contribution in [0.1, 0.15) is 89.5 Å². The van der Waals surface area contributed by atoms with Crippen molar-refractivity contribution in [2.45, 2.75) is 90.4 Å². The highest BCUT2D eigenvalue weighted by atomic mass is 19.1. The molecular weight excluding hydrogens is 367 g/mol. The smallest absolute Gasteiger partial charge is 0.314 e. The molecule has 0 bridgehead atoms. The molecule has 1 fully saturated rings. The van der Waals surface area contributed by atoms with Gasteiger partial charge in [-0.3, -0.25) is 4.79 Å². The van der Waals surface area contributed by atoms with Gasteiger partial charge in [-0.05, 0) is 36.3 Å². The molecule has 0 amide bonds. The first-order valence-electron chi connectivity index (χ1n) is 11.7. The van der Waals surface area contributed by atoms with Crippen molar-refractivity contribution in [2.75, 3.05) is 7.11 Å². The Morgan fingerprint density at radius 2 is 1.62 bits per heavy atom. The molecule has 1 atom stereocenters. The lowest BCUT2D eigenvalue weighted by molar-refractivity contribution is -0.140. The van der Waals surface area contributed by atoms with Crippen molar-refractivity contribution in [1.29, 1.82) is 0 Å². The van der Waals surface area contributed by atoms with E-state index in [-0.39, 0.29) is 23.4 Å². The van der Waals surface area contributed by atoms with Crippen LogP contribution in [-0.4, -0.2) is 13.1 Å². The van der Waals surface area contributed by atoms with E-state index in [4.69, 9.17) is 9.47 Å². The van der Waals surface area contributed by atoms with Gasteiger partial charge in [0, 0.05) is 0 Å². The van der Waals surface area contributed by atoms with Gasteiger partial charge in [0.1, 0.15) is 0 Å². The van der Waals surface area contributed by atoms with Crippen molar-refractivity contribution in [3.63, 3.8) is 0 Å². The minimum absolute atomic E-state index is 0.0568. The summed E-state index contributed by atoms with van der Waals surface area (Å²) in [6.07, 6.45) is 16.0. The second-order valence-corrected chi connectivity index (χ2v) is 9.06. The van der Waals surface area contributed by atoms with Gasteiger partial charge in [-0.2, -0.15) is 4.39 Å². The number of halogens is 1. The molecule has 1 aromatic carbocycles. The number of benzene rings is 1. The zero-order chi connectivity index (χ0) is 20.6. The normalized spacial score (nSPS) is 24.1. The van der Waals surface area contributed by atoms with Crippen LogP contribution in [0.5, 0.6) is 11.5 Å². The van der Waals surface area contributed by atoms with Gasteiger partial charge in [-0.1, -0.05) is 83.6 Å². The lowest BCUT2D eigenvalue weighted by atomic mass is 9.77. The number of hydrogen-bond acceptors (Lipinski definition) is 3. The van der Waals surface area contributed by atoms with Crippen LogP contribution in [-0.2, 0) is 11.2 Å². The van der Waals surface area contributed by atoms with E-state index in [1.807, 2.05) is 6.07 Å². The highest BCUT2D eigenvalue weighted by Gasteiger charge is 2.31. The predicted octanol–water partition coefficient (Wildman–Crippen LogP) is 6.86. The number of carbonyl (C=O) groups is 1. The molecule has 3 nitrogen and oxygen atoms in total. The van der Waals surface area contributed by atoms with Crippen molar-refractivity contribution in [3.05, 3.63) is 23.5 Å². The Bertz CT molecular complexity index is 664. The topological polar surface area (TPSA) is 35.5 Å². The van der Waals surface area contributed by atoms with Gasteiger partial charge in [0.25, 0.3) is 0 Å². The Labute approximate surface area is 175 Å². The van der Waals surface area contributed by atoms with E-state index in [9.17, 15) is 9.18 Å². The zero-order valence-corrected chi connectivity index (χ0v) is 18.2. The van der Waals surface area contributed by atoms with Crippen molar-refractivity contribution >= 4 is 5.97 Å². The Morgan fingerprint density at radius 1 is 1.00 bits per heavy atom. The summed E-state index contributed by atoms with van der Waals surface area (Å²) >= 11 is 0. The highest BCUT2D eigenvalue weighted by Crippen LogP contribution is 2.38. The minimum Gasteiger partial charge on any atom is -0.494 e. The molecule has 0 radical (unpaired) electrons. The Hall–Kier alpha value is -1.58. The third kappa shape index (κ3) is 5.96. The molecule has 1 aliphatic heterocycles. The van der Waals surface area contributed by atoms with E-state index in [1.54, 1.807) is 6.07 Å². The first kappa shape index (κ1) is 22.1. The standard InChI is InChI=1S/C25H37FO3/c1-3-4-5-8-18-11-13-19(14-12-18)9-6-7-10-21-17-20-15-16-22(28-2)23(26)24(20)29-25(21)27/h15-16,18-19,21H,3-14,17H2,1-2H3. The van der Waals surface area contributed by atoms with Crippen molar-refractivity contribution in [1.82, 2.24) is 0 Å². The van der Waals surface area contributed by atoms with E-state index in [0.29, 0.717) is 6.42 Å². The monoisotopic (exact) mass is 404 g/mol. The van der Waals surface area contributed by atoms with Gasteiger partial charge in [-0.15, -0.1) is 0 Å². The fourth-order valence-corrected chi connectivity index (χ4v) is 5.07. The number of fused-ring (bicyclic) bond motifs is 1. The molecule has 0 N–H and O–H groups in total. The quantitative estimate of drug-likeness (QED) is 0.243. The fraction of sp³-hybridized carbons (Fsp3) is 0.720. The molecular formula is C25H37FO3. The van der Waals surface area contributed by atoms with Gasteiger partial charge in [0.15, 0.2) is 11.5 Å². The van der Waals surface area contributed by atoms with Crippen LogP contribution in [0.4, 0.5) is 4.39 Å². The molecule has 0 spiro atoms. The van der Waals surface area contributed by atoms with E-state index < -0.39 is 5.82 Å². The second kappa shape index (κ2) is 11.0. The zero-order valence-electron chi connectivity index (χ0n) is 18.2. The maximum absolute atomic E-state index is 14.3. The van der Waals surface area contributed by atoms with E-state index in [0.717, 1.165) is 30.2 Å². The average Bonchev–Trinajstić information content (AvgIpc) is 2.73. The summed E-state index contributed by atoms with van der Waals surface area (Å²) in [6.45, 7) is 2.28. The van der Waals surface area contributed by atoms with Crippen LogP contribution in [0.15, 0.2) is 12.1 Å². The highest BCUT2D eigenvalue weighted by molar-refractivity contribution is 5.78. The molecule has 1 unspecified atom stereocenters. The second-order valence-electron chi connectivity index (χ2n) is 9.06. The average molecular weight is 405 g/mol. The van der Waals surface area contributed by atoms with Crippen LogP contribution in [0.25, 0.3) is 0 Å². The summed E-state index contributed by atoms with van der Waals surface area (Å²) in [7, 11) is 1.41. The molecule has 1 aromatic rings. The molecule has 162 valence electrons. The third-order valence-corrected chi connectivity index (χ3v) is 6.96. The molecule has 0 aromatic heterocycles. The number of ether oxygens (including phenoxy) is 2. The number of carbonyl (C=O) groups excluding carboxylic acids is 1. The van der Waals surface area contributed by atoms with E-state index in [2.05, 4.69) is 6.92 Å². The SMILES string of the molecule is CCCCCC1CCC(CCCCC2Cc3ccc(OC)c(F)c3OC2=O)CC1. The summed E-state index contributed by atoms with van der Waals surface area (Å²) in [4.78, 5) is 12.3. The summed E-state index contributed by atoms with van der Waals surface area (Å²) in [5.74, 6) is 1.01. The van der Waals surface area contributed by atoms with Crippen molar-refractivity contribution < 1.29 is 18.7 Å². The number of methoxy groups -OCH3 is 1. The van der Waals surface area contributed by atoms with Gasteiger partial charge >= 0.3 is 5.97 Å². The molecule has 4 heteroatoms. The van der Waals surface area contributed by atoms with Gasteiger partial charge in [0.05, 0.1) is 13.0 Å². The Balaban J connectivity index is 1.36. The van der Waals surface area contributed by atoms with Gasteiger partial charge in [-0.25, -0.2) is 0 Å². The summed E-state index contributed by atoms with van der Waals surface area (Å²) in [5, 5.41) is 0. The van der Waals surface area contributed by atoms with Crippen LogP contribution in [0.3, 0.4) is 0 Å². The first-order valence-corrected chi connectivity index (χ1v) is 11.7. The maximum Gasteiger partial charge on any atom is 0.314 e. The largest absolute Gasteiger partial charge is 0.494 e. The van der Waals surface area contributed by atoms with Gasteiger partial charge < -0.3 is 9.47 Å². The molecule has 3 rings (SSSR count). The third-order valence-electron chi connectivity index (χ3n) is 6.96. The number of rotatable bonds is 10. The lowest BCUT2D eigenvalue weighted by Crippen LogP contribution is -2.28. The summed E-state index contributed by atoms with van der Waals surface area (Å²) in [6, 6.07) is 3.43. The van der Waals surface area contributed by atoms with Crippen LogP contribution >= 0.6 is 0 Å². The molecule has 1 saturated carbocycles. The van der Waals surface area contributed by atoms with Crippen molar-refractivity contribution in [3.8, 4) is 11.5 Å². The Kier molecular flexibility index (Phi) is 8.38. The molecule has 1 aliphatic carbocycles. The van der Waals surface area contributed by atoms with E-state index in [1.165, 1.54) is 71.3 Å². The number of esters is 1. The lowest BCUT2D eigenvalue weighted by Gasteiger charge is -2.29. The van der Waals surface area contributed by atoms with E-state index >= 15 is 0 Å². The fourth-order valence-electron chi connectivity index (χ4n) is 5.07. The summed E-state index contributed by atoms with van der Waals surface area (Å²) in [5.41, 5.74) is 0.772. The number of unbranched alkanes of at least 4 members (excludes halogenated alkanes) is 3. The maximum atomic E-state index is 14.3. The van der Waals surface area contributed by atoms with Crippen molar-refractivity contribution in [2.24, 2.45) is 17.8 Å². The minimum atomic E-state index is -0.568. The summed E-state index contributed by atoms with van der Waals surface area (Å²) < 4.78 is 24.6. The number of hydrogen-bond donors (Lipinski definition) is 0. The molecule has 29 heavy (non-hydrogen) atoms. The molecule has 1 heterocycles. The van der Waals surface area contributed by atoms with Crippen LogP contribution < -0.4 is 9.47 Å². The molecule has 0 saturated heterocycles. The molecule has 2 aliphatic rings. The predicted molar refractivity (Wildman–Crippen MR) is 114 cm³/mol.